The van der Waals surface area contributed by atoms with Gasteiger partial charge in [-0.3, -0.25) is 14.8 Å². The Labute approximate surface area is 251 Å². The van der Waals surface area contributed by atoms with Gasteiger partial charge in [0.2, 0.25) is 0 Å². The summed E-state index contributed by atoms with van der Waals surface area (Å²) in [5.41, 5.74) is 5.47. The molecule has 6 heteroatoms. The van der Waals surface area contributed by atoms with Crippen molar-refractivity contribution in [2.24, 2.45) is 9.98 Å². The Morgan fingerprint density at radius 2 is 1.23 bits per heavy atom. The molecule has 0 atom stereocenters. The molecule has 4 aromatic rings. The first kappa shape index (κ1) is 29.9. The molecule has 0 saturated heterocycles. The van der Waals surface area contributed by atoms with Crippen LogP contribution in [0.2, 0.25) is 0 Å². The standard InChI is InChI=1S/C35H26N4O2.C2H4/c1-36-32(35(40)41)24-28-21-20-27(33-34(28)38-25-37-33)13-7-3-2-6-12-26-18-22-31(23-19-26)39(29-14-8-4-9-15-29)30-16-10-5-11-17-30;1-2/h2-24H,25H2,(H,40,41);1-2H2/b3-2+,12-6+,13-7+,32-24-;. The van der Waals surface area contributed by atoms with Crippen molar-refractivity contribution in [2.75, 3.05) is 11.6 Å². The lowest BCUT2D eigenvalue weighted by molar-refractivity contribution is -0.132. The van der Waals surface area contributed by atoms with E-state index >= 15 is 0 Å². The predicted octanol–water partition coefficient (Wildman–Crippen LogP) is 7.80. The van der Waals surface area contributed by atoms with E-state index in [1.165, 1.54) is 6.08 Å². The fraction of sp³-hybridized carbons (Fsp3) is 0.0270. The second-order valence-corrected chi connectivity index (χ2v) is 9.05. The zero-order chi connectivity index (χ0) is 30.4. The number of carboxylic acids is 1. The number of nitrogens with zero attached hydrogens (tertiary/aromatic N) is 4. The van der Waals surface area contributed by atoms with Crippen molar-refractivity contribution in [1.82, 2.24) is 0 Å². The molecule has 1 N–H and O–H groups in total. The Bertz CT molecular complexity index is 1810. The van der Waals surface area contributed by atoms with E-state index in [0.29, 0.717) is 16.3 Å². The maximum absolute atomic E-state index is 11.2. The topological polar surface area (TPSA) is 69.6 Å². The highest BCUT2D eigenvalue weighted by Crippen LogP contribution is 2.34. The number of aliphatic carboxylic acids is 1. The lowest BCUT2D eigenvalue weighted by atomic mass is 10.1. The highest BCUT2D eigenvalue weighted by molar-refractivity contribution is 5.94. The van der Waals surface area contributed by atoms with Gasteiger partial charge < -0.3 is 10.0 Å². The first-order valence-corrected chi connectivity index (χ1v) is 13.5. The van der Waals surface area contributed by atoms with E-state index in [2.05, 4.69) is 81.4 Å². The van der Waals surface area contributed by atoms with E-state index in [9.17, 15) is 4.79 Å². The Balaban J connectivity index is 0.00000207. The number of carboxylic acid groups (broad SMARTS) is 1. The average Bonchev–Trinajstić information content (AvgIpc) is 3.56. The van der Waals surface area contributed by atoms with E-state index < -0.39 is 5.97 Å². The largest absolute Gasteiger partial charge is 0.486 e. The molecule has 210 valence electrons. The van der Waals surface area contributed by atoms with Gasteiger partial charge in [-0.25, -0.2) is 4.85 Å². The first-order valence-electron chi connectivity index (χ1n) is 13.5. The fourth-order valence-corrected chi connectivity index (χ4v) is 4.45. The van der Waals surface area contributed by atoms with Crippen LogP contribution in [-0.4, -0.2) is 17.7 Å². The van der Waals surface area contributed by atoms with Gasteiger partial charge in [0.1, 0.15) is 6.67 Å². The maximum Gasteiger partial charge on any atom is 0.333 e. The normalized spacial score (nSPS) is 12.2. The zero-order valence-electron chi connectivity index (χ0n) is 23.5. The van der Waals surface area contributed by atoms with Gasteiger partial charge in [-0.2, -0.15) is 0 Å². The van der Waals surface area contributed by atoms with E-state index in [0.717, 1.165) is 28.2 Å². The molecule has 0 amide bonds. The Morgan fingerprint density at radius 1 is 0.721 bits per heavy atom. The van der Waals surface area contributed by atoms with Crippen LogP contribution in [0.4, 0.5) is 17.1 Å². The monoisotopic (exact) mass is 562 g/mol. The van der Waals surface area contributed by atoms with Crippen LogP contribution < -0.4 is 15.6 Å². The van der Waals surface area contributed by atoms with Gasteiger partial charge >= 0.3 is 5.97 Å². The van der Waals surface area contributed by atoms with Crippen molar-refractivity contribution in [3.05, 3.63) is 179 Å². The minimum atomic E-state index is -1.26. The van der Waals surface area contributed by atoms with E-state index in [1.54, 1.807) is 6.07 Å². The van der Waals surface area contributed by atoms with E-state index in [4.69, 9.17) is 11.7 Å². The number of carbonyl (C=O) groups is 1. The third kappa shape index (κ3) is 7.57. The molecule has 0 bridgehead atoms. The Kier molecular flexibility index (Phi) is 10.5. The summed E-state index contributed by atoms with van der Waals surface area (Å²) in [5.74, 6) is -1.26. The molecule has 1 aliphatic rings. The molecule has 4 aromatic carbocycles. The van der Waals surface area contributed by atoms with Crippen molar-refractivity contribution in [1.29, 1.82) is 0 Å². The van der Waals surface area contributed by atoms with Crippen LogP contribution in [0.15, 0.2) is 150 Å². The SMILES string of the molecule is C=C.[C-]#[N+]/C(=C\c1ccc(/C=C/C=C/C=C/c2ccc(N(c3ccccc3)c3ccccc3)cc2)c2c1=NCN=2)C(=O)O. The van der Waals surface area contributed by atoms with Crippen molar-refractivity contribution in [2.45, 2.75) is 0 Å². The summed E-state index contributed by atoms with van der Waals surface area (Å²) in [6, 6.07) is 32.7. The maximum atomic E-state index is 11.2. The van der Waals surface area contributed by atoms with E-state index in [-0.39, 0.29) is 12.4 Å². The van der Waals surface area contributed by atoms with Gasteiger partial charge in [0, 0.05) is 22.6 Å². The zero-order valence-corrected chi connectivity index (χ0v) is 23.5. The molecule has 0 unspecified atom stereocenters. The summed E-state index contributed by atoms with van der Waals surface area (Å²) in [4.78, 5) is 25.3. The molecular formula is C37H30N4O2. The molecule has 5 rings (SSSR count). The minimum absolute atomic E-state index is 0.285. The number of para-hydroxylation sites is 2. The first-order chi connectivity index (χ1) is 21.1. The quantitative estimate of drug-likeness (QED) is 0.0980. The number of benzene rings is 4. The van der Waals surface area contributed by atoms with Crippen LogP contribution in [0.1, 0.15) is 16.7 Å². The molecule has 1 aliphatic heterocycles. The lowest BCUT2D eigenvalue weighted by Crippen LogP contribution is -2.27. The second kappa shape index (κ2) is 15.1. The van der Waals surface area contributed by atoms with Gasteiger partial charge in [0.25, 0.3) is 5.70 Å². The van der Waals surface area contributed by atoms with Gasteiger partial charge in [-0.1, -0.05) is 97.1 Å². The lowest BCUT2D eigenvalue weighted by Gasteiger charge is -2.25. The molecule has 6 nitrogen and oxygen atoms in total. The van der Waals surface area contributed by atoms with Gasteiger partial charge in [-0.05, 0) is 53.6 Å². The minimum Gasteiger partial charge on any atom is -0.486 e. The van der Waals surface area contributed by atoms with Gasteiger partial charge in [0.05, 0.1) is 17.3 Å². The van der Waals surface area contributed by atoms with Crippen LogP contribution in [0.5, 0.6) is 0 Å². The third-order valence-electron chi connectivity index (χ3n) is 6.38. The number of allylic oxidation sites excluding steroid dienone is 4. The molecule has 0 aromatic heterocycles. The summed E-state index contributed by atoms with van der Waals surface area (Å²) in [6.07, 6.45) is 13.1. The van der Waals surface area contributed by atoms with Gasteiger partial charge in [-0.15, -0.1) is 13.2 Å². The molecule has 0 spiro atoms. The van der Waals surface area contributed by atoms with Crippen molar-refractivity contribution in [3.8, 4) is 0 Å². The van der Waals surface area contributed by atoms with Crippen LogP contribution >= 0.6 is 0 Å². The number of hydrogen-bond donors (Lipinski definition) is 1. The Hall–Kier alpha value is -6.06. The molecular weight excluding hydrogens is 532 g/mol. The summed E-state index contributed by atoms with van der Waals surface area (Å²) >= 11 is 0. The van der Waals surface area contributed by atoms with Crippen LogP contribution in [0.25, 0.3) is 23.1 Å². The molecule has 1 heterocycles. The molecule has 0 radical (unpaired) electrons. The highest BCUT2D eigenvalue weighted by atomic mass is 16.4. The van der Waals surface area contributed by atoms with Crippen LogP contribution in [0, 0.1) is 6.57 Å². The number of rotatable bonds is 9. The summed E-state index contributed by atoms with van der Waals surface area (Å²) in [6.45, 7) is 13.4. The summed E-state index contributed by atoms with van der Waals surface area (Å²) in [5, 5.41) is 10.5. The third-order valence-corrected chi connectivity index (χ3v) is 6.38. The molecule has 0 fully saturated rings. The fourth-order valence-electron chi connectivity index (χ4n) is 4.45. The smallest absolute Gasteiger partial charge is 0.333 e. The number of hydrogen-bond acceptors (Lipinski definition) is 4. The molecule has 0 aliphatic carbocycles. The van der Waals surface area contributed by atoms with Crippen molar-refractivity contribution in [3.63, 3.8) is 0 Å². The Morgan fingerprint density at radius 3 is 1.79 bits per heavy atom. The van der Waals surface area contributed by atoms with Crippen LogP contribution in [0.3, 0.4) is 0 Å². The highest BCUT2D eigenvalue weighted by Gasteiger charge is 2.12. The number of fused-ring (bicyclic) bond motifs is 1. The predicted molar refractivity (Wildman–Crippen MR) is 175 cm³/mol. The summed E-state index contributed by atoms with van der Waals surface area (Å²) in [7, 11) is 0. The molecule has 43 heavy (non-hydrogen) atoms. The number of anilines is 3. The van der Waals surface area contributed by atoms with E-state index in [1.807, 2.05) is 78.9 Å². The summed E-state index contributed by atoms with van der Waals surface area (Å²) < 4.78 is 0. The molecule has 0 saturated carbocycles. The van der Waals surface area contributed by atoms with Crippen LogP contribution in [-0.2, 0) is 4.79 Å². The van der Waals surface area contributed by atoms with Crippen molar-refractivity contribution >= 4 is 41.3 Å². The van der Waals surface area contributed by atoms with Gasteiger partial charge in [0.15, 0.2) is 0 Å². The van der Waals surface area contributed by atoms with Crippen molar-refractivity contribution < 1.29 is 9.90 Å². The average molecular weight is 563 g/mol. The second-order valence-electron chi connectivity index (χ2n) is 9.05.